The van der Waals surface area contributed by atoms with Crippen molar-refractivity contribution in [2.24, 2.45) is 5.73 Å². The number of rotatable bonds is 5. The third-order valence-corrected chi connectivity index (χ3v) is 3.41. The van der Waals surface area contributed by atoms with E-state index in [-0.39, 0.29) is 5.54 Å². The number of aryl methyl sites for hydroxylation is 1. The van der Waals surface area contributed by atoms with Crippen molar-refractivity contribution in [2.45, 2.75) is 45.9 Å². The molecular weight excluding hydrogens is 228 g/mol. The van der Waals surface area contributed by atoms with Gasteiger partial charge in [0, 0.05) is 17.6 Å². The van der Waals surface area contributed by atoms with E-state index in [1.54, 1.807) is 19.1 Å². The van der Waals surface area contributed by atoms with Crippen molar-refractivity contribution in [3.05, 3.63) is 34.9 Å². The average Bonchev–Trinajstić information content (AvgIpc) is 2.26. The second-order valence-corrected chi connectivity index (χ2v) is 5.26. The fourth-order valence-corrected chi connectivity index (χ4v) is 1.52. The van der Waals surface area contributed by atoms with Crippen LogP contribution in [0.15, 0.2) is 18.2 Å². The lowest BCUT2D eigenvalue weighted by molar-refractivity contribution is 0.0956. The van der Waals surface area contributed by atoms with Crippen molar-refractivity contribution in [3.63, 3.8) is 0 Å². The predicted molar refractivity (Wildman–Crippen MR) is 72.3 cm³/mol. The number of nitrogens with one attached hydrogen (secondary N) is 1. The van der Waals surface area contributed by atoms with Gasteiger partial charge in [-0.25, -0.2) is 0 Å². The zero-order valence-corrected chi connectivity index (χ0v) is 11.4. The summed E-state index contributed by atoms with van der Waals surface area (Å²) >= 11 is 0. The minimum atomic E-state index is -0.442. The van der Waals surface area contributed by atoms with Crippen LogP contribution in [0.4, 0.5) is 0 Å². The molecule has 100 valence electrons. The summed E-state index contributed by atoms with van der Waals surface area (Å²) in [5.74, 6) is -0.415. The normalized spacial score (nSPS) is 13.4. The van der Waals surface area contributed by atoms with E-state index in [9.17, 15) is 9.90 Å². The minimum absolute atomic E-state index is 0.352. The molecule has 0 bridgehead atoms. The van der Waals surface area contributed by atoms with Crippen LogP contribution in [0, 0.1) is 6.92 Å². The first-order valence-corrected chi connectivity index (χ1v) is 6.06. The molecule has 0 heterocycles. The van der Waals surface area contributed by atoms with Crippen molar-refractivity contribution in [1.82, 2.24) is 5.32 Å². The van der Waals surface area contributed by atoms with Crippen molar-refractivity contribution >= 4 is 5.91 Å². The zero-order chi connectivity index (χ0) is 13.9. The summed E-state index contributed by atoms with van der Waals surface area (Å²) in [5.41, 5.74) is 7.50. The smallest absolute Gasteiger partial charge is 0.248 e. The van der Waals surface area contributed by atoms with Gasteiger partial charge in [0.2, 0.25) is 5.91 Å². The van der Waals surface area contributed by atoms with Crippen LogP contribution >= 0.6 is 0 Å². The van der Waals surface area contributed by atoms with Crippen LogP contribution < -0.4 is 11.1 Å². The van der Waals surface area contributed by atoms with Crippen LogP contribution in [0.1, 0.15) is 42.3 Å². The molecule has 1 rings (SSSR count). The number of hydrogen-bond acceptors (Lipinski definition) is 3. The quantitative estimate of drug-likeness (QED) is 0.738. The molecule has 0 aliphatic rings. The molecule has 0 spiro atoms. The van der Waals surface area contributed by atoms with Crippen molar-refractivity contribution in [1.29, 1.82) is 0 Å². The van der Waals surface area contributed by atoms with Crippen LogP contribution in [-0.2, 0) is 6.54 Å². The second kappa shape index (κ2) is 5.50. The number of benzene rings is 1. The highest BCUT2D eigenvalue weighted by molar-refractivity contribution is 5.93. The lowest BCUT2D eigenvalue weighted by Gasteiger charge is -2.29. The number of nitrogens with two attached hydrogens (primary N) is 1. The Labute approximate surface area is 108 Å². The number of carbonyl (C=O) groups excluding carboxylic acids is 1. The third kappa shape index (κ3) is 3.55. The Morgan fingerprint density at radius 1 is 1.50 bits per heavy atom. The Morgan fingerprint density at radius 3 is 2.56 bits per heavy atom. The Hall–Kier alpha value is -1.39. The number of primary amides is 1. The molecule has 4 N–H and O–H groups in total. The molecule has 0 aromatic heterocycles. The predicted octanol–water partition coefficient (Wildman–Crippen LogP) is 1.34. The summed E-state index contributed by atoms with van der Waals surface area (Å²) < 4.78 is 0. The van der Waals surface area contributed by atoms with E-state index in [2.05, 4.69) is 5.32 Å². The lowest BCUT2D eigenvalue weighted by atomic mass is 9.97. The van der Waals surface area contributed by atoms with Gasteiger partial charge < -0.3 is 16.2 Å². The average molecular weight is 250 g/mol. The molecule has 0 fully saturated rings. The fraction of sp³-hybridized carbons (Fsp3) is 0.500. The van der Waals surface area contributed by atoms with Crippen LogP contribution in [0.2, 0.25) is 0 Å². The van der Waals surface area contributed by atoms with Gasteiger partial charge in [-0.05, 0) is 51.0 Å². The van der Waals surface area contributed by atoms with Gasteiger partial charge >= 0.3 is 0 Å². The van der Waals surface area contributed by atoms with E-state index < -0.39 is 12.0 Å². The van der Waals surface area contributed by atoms with Crippen LogP contribution in [0.25, 0.3) is 0 Å². The molecule has 0 aliphatic heterocycles. The molecule has 0 radical (unpaired) electrons. The van der Waals surface area contributed by atoms with Crippen molar-refractivity contribution in [3.8, 4) is 0 Å². The maximum atomic E-state index is 11.0. The maximum absolute atomic E-state index is 11.0. The van der Waals surface area contributed by atoms with Gasteiger partial charge in [-0.15, -0.1) is 0 Å². The van der Waals surface area contributed by atoms with Gasteiger partial charge in [0.15, 0.2) is 0 Å². The molecular formula is C14H22N2O2. The molecule has 1 unspecified atom stereocenters. The summed E-state index contributed by atoms with van der Waals surface area (Å²) in [7, 11) is 0. The van der Waals surface area contributed by atoms with Gasteiger partial charge in [-0.2, -0.15) is 0 Å². The third-order valence-electron chi connectivity index (χ3n) is 3.41. The molecule has 0 aliphatic carbocycles. The van der Waals surface area contributed by atoms with Gasteiger partial charge in [-0.3, -0.25) is 4.79 Å². The van der Waals surface area contributed by atoms with Crippen LogP contribution in [-0.4, -0.2) is 22.7 Å². The van der Waals surface area contributed by atoms with Gasteiger partial charge in [-0.1, -0.05) is 6.07 Å². The second-order valence-electron chi connectivity index (χ2n) is 5.26. The molecule has 4 heteroatoms. The van der Waals surface area contributed by atoms with Crippen LogP contribution in [0.3, 0.4) is 0 Å². The first-order chi connectivity index (χ1) is 8.24. The Morgan fingerprint density at radius 2 is 2.11 bits per heavy atom. The Balaban J connectivity index is 2.78. The van der Waals surface area contributed by atoms with E-state index in [0.29, 0.717) is 12.1 Å². The van der Waals surface area contributed by atoms with Gasteiger partial charge in [0.25, 0.3) is 0 Å². The summed E-state index contributed by atoms with van der Waals surface area (Å²) in [4.78, 5) is 11.0. The SMILES string of the molecule is Cc1cc(C(N)=O)ccc1CNC(C)(C)C(C)O. The number of amides is 1. The zero-order valence-electron chi connectivity index (χ0n) is 11.4. The molecule has 1 amide bonds. The maximum Gasteiger partial charge on any atom is 0.248 e. The van der Waals surface area contributed by atoms with Gasteiger partial charge in [0.1, 0.15) is 0 Å². The molecule has 1 aromatic rings. The van der Waals surface area contributed by atoms with Crippen LogP contribution in [0.5, 0.6) is 0 Å². The summed E-state index contributed by atoms with van der Waals surface area (Å²) in [5, 5.41) is 12.9. The highest BCUT2D eigenvalue weighted by Crippen LogP contribution is 2.14. The van der Waals surface area contributed by atoms with Crippen molar-refractivity contribution in [2.75, 3.05) is 0 Å². The molecule has 1 atom stereocenters. The van der Waals surface area contributed by atoms with E-state index in [0.717, 1.165) is 11.1 Å². The number of aliphatic hydroxyl groups excluding tert-OH is 1. The summed E-state index contributed by atoms with van der Waals surface area (Å²) in [6.07, 6.45) is -0.442. The highest BCUT2D eigenvalue weighted by Gasteiger charge is 2.23. The molecule has 4 nitrogen and oxygen atoms in total. The van der Waals surface area contributed by atoms with Gasteiger partial charge in [0.05, 0.1) is 6.10 Å². The topological polar surface area (TPSA) is 75.4 Å². The minimum Gasteiger partial charge on any atom is -0.392 e. The molecule has 0 saturated heterocycles. The Kier molecular flexibility index (Phi) is 4.48. The molecule has 18 heavy (non-hydrogen) atoms. The molecule has 0 saturated carbocycles. The summed E-state index contributed by atoms with van der Waals surface area (Å²) in [6, 6.07) is 5.40. The largest absolute Gasteiger partial charge is 0.392 e. The fourth-order valence-electron chi connectivity index (χ4n) is 1.52. The van der Waals surface area contributed by atoms with E-state index in [1.165, 1.54) is 0 Å². The van der Waals surface area contributed by atoms with E-state index in [4.69, 9.17) is 5.73 Å². The van der Waals surface area contributed by atoms with Crippen molar-refractivity contribution < 1.29 is 9.90 Å². The van der Waals surface area contributed by atoms with E-state index >= 15 is 0 Å². The summed E-state index contributed by atoms with van der Waals surface area (Å²) in [6.45, 7) is 8.24. The highest BCUT2D eigenvalue weighted by atomic mass is 16.3. The van der Waals surface area contributed by atoms with E-state index in [1.807, 2.05) is 26.8 Å². The number of hydrogen-bond donors (Lipinski definition) is 3. The number of aliphatic hydroxyl groups is 1. The Bertz CT molecular complexity index is 439. The monoisotopic (exact) mass is 250 g/mol. The standard InChI is InChI=1S/C14H22N2O2/c1-9-7-11(13(15)18)5-6-12(9)8-16-14(3,4)10(2)17/h5-7,10,16-17H,8H2,1-4H3,(H2,15,18). The first-order valence-electron chi connectivity index (χ1n) is 6.06. The number of carbonyl (C=O) groups is 1. The first kappa shape index (κ1) is 14.7. The molecule has 1 aromatic carbocycles. The lowest BCUT2D eigenvalue weighted by Crippen LogP contribution is -2.47.